The largest absolute Gasteiger partial charge is 0.316 e. The van der Waals surface area contributed by atoms with Crippen molar-refractivity contribution < 1.29 is 4.39 Å². The van der Waals surface area contributed by atoms with Gasteiger partial charge in [-0.3, -0.25) is 4.39 Å². The maximum absolute atomic E-state index is 12.6. The van der Waals surface area contributed by atoms with Crippen molar-refractivity contribution in [3.05, 3.63) is 35.9 Å². The fraction of sp³-hybridized carbons (Fsp3) is 0.455. The average molecular weight is 179 g/mol. The molecule has 2 atom stereocenters. The lowest BCUT2D eigenvalue weighted by molar-refractivity contribution is 0.358. The quantitative estimate of drug-likeness (QED) is 0.731. The van der Waals surface area contributed by atoms with Gasteiger partial charge in [-0.1, -0.05) is 30.3 Å². The summed E-state index contributed by atoms with van der Waals surface area (Å²) >= 11 is 0. The number of alkyl halides is 1. The zero-order valence-electron chi connectivity index (χ0n) is 7.54. The van der Waals surface area contributed by atoms with Crippen LogP contribution in [0.4, 0.5) is 4.39 Å². The predicted octanol–water partition coefficient (Wildman–Crippen LogP) is 1.96. The number of nitrogens with one attached hydrogen (secondary N) is 1. The Morgan fingerprint density at radius 2 is 2.00 bits per heavy atom. The van der Waals surface area contributed by atoms with Crippen LogP contribution in [0.2, 0.25) is 0 Å². The van der Waals surface area contributed by atoms with Crippen LogP contribution in [0.1, 0.15) is 11.5 Å². The van der Waals surface area contributed by atoms with Gasteiger partial charge in [-0.05, 0) is 5.56 Å². The highest BCUT2D eigenvalue weighted by Gasteiger charge is 2.27. The molecule has 1 fully saturated rings. The molecule has 1 aromatic carbocycles. The van der Waals surface area contributed by atoms with Gasteiger partial charge in [0.1, 0.15) is 0 Å². The first-order valence-electron chi connectivity index (χ1n) is 4.73. The molecule has 1 saturated heterocycles. The molecule has 2 rings (SSSR count). The van der Waals surface area contributed by atoms with Crippen LogP contribution in [-0.2, 0) is 0 Å². The molecule has 0 spiro atoms. The van der Waals surface area contributed by atoms with Gasteiger partial charge in [-0.2, -0.15) is 0 Å². The summed E-state index contributed by atoms with van der Waals surface area (Å²) in [4.78, 5) is 0. The molecule has 1 aliphatic heterocycles. The van der Waals surface area contributed by atoms with Crippen molar-refractivity contribution in [2.24, 2.45) is 5.92 Å². The molecule has 1 nitrogen and oxygen atoms in total. The van der Waals surface area contributed by atoms with Crippen LogP contribution in [0.25, 0.3) is 0 Å². The van der Waals surface area contributed by atoms with Gasteiger partial charge in [-0.25, -0.2) is 0 Å². The molecular weight excluding hydrogens is 165 g/mol. The van der Waals surface area contributed by atoms with Gasteiger partial charge in [-0.15, -0.1) is 0 Å². The Hall–Kier alpha value is -0.890. The molecule has 0 radical (unpaired) electrons. The smallest absolute Gasteiger partial charge is 0.0941 e. The SMILES string of the molecule is FC[C@@H]1CNC[C@H]1c1ccccc1. The van der Waals surface area contributed by atoms with E-state index in [-0.39, 0.29) is 12.6 Å². The summed E-state index contributed by atoms with van der Waals surface area (Å²) in [6, 6.07) is 10.2. The Bertz CT molecular complexity index is 260. The Morgan fingerprint density at radius 3 is 2.69 bits per heavy atom. The minimum absolute atomic E-state index is 0.169. The number of hydrogen-bond acceptors (Lipinski definition) is 1. The average Bonchev–Trinajstić information content (AvgIpc) is 2.67. The summed E-state index contributed by atoms with van der Waals surface area (Å²) in [5, 5.41) is 3.23. The highest BCUT2D eigenvalue weighted by atomic mass is 19.1. The van der Waals surface area contributed by atoms with Gasteiger partial charge in [0.25, 0.3) is 0 Å². The summed E-state index contributed by atoms with van der Waals surface area (Å²) in [5.74, 6) is 0.536. The Balaban J connectivity index is 2.16. The predicted molar refractivity (Wildman–Crippen MR) is 51.5 cm³/mol. The van der Waals surface area contributed by atoms with E-state index in [2.05, 4.69) is 17.4 Å². The van der Waals surface area contributed by atoms with Gasteiger partial charge < -0.3 is 5.32 Å². The van der Waals surface area contributed by atoms with E-state index < -0.39 is 0 Å². The van der Waals surface area contributed by atoms with Crippen molar-refractivity contribution in [1.29, 1.82) is 0 Å². The second kappa shape index (κ2) is 3.88. The number of rotatable bonds is 2. The van der Waals surface area contributed by atoms with Gasteiger partial charge in [0.05, 0.1) is 6.67 Å². The van der Waals surface area contributed by atoms with E-state index in [0.29, 0.717) is 5.92 Å². The van der Waals surface area contributed by atoms with E-state index >= 15 is 0 Å². The second-order valence-corrected chi connectivity index (χ2v) is 3.59. The highest BCUT2D eigenvalue weighted by Crippen LogP contribution is 2.27. The van der Waals surface area contributed by atoms with Crippen molar-refractivity contribution in [3.8, 4) is 0 Å². The normalized spacial score (nSPS) is 27.8. The molecular formula is C11H14FN. The summed E-state index contributed by atoms with van der Waals surface area (Å²) in [6.45, 7) is 1.52. The van der Waals surface area contributed by atoms with Gasteiger partial charge >= 0.3 is 0 Å². The van der Waals surface area contributed by atoms with Crippen LogP contribution < -0.4 is 5.32 Å². The lowest BCUT2D eigenvalue weighted by Crippen LogP contribution is -2.12. The van der Waals surface area contributed by atoms with E-state index in [4.69, 9.17) is 0 Å². The molecule has 0 aromatic heterocycles. The van der Waals surface area contributed by atoms with Crippen LogP contribution >= 0.6 is 0 Å². The van der Waals surface area contributed by atoms with Crippen molar-refractivity contribution in [1.82, 2.24) is 5.32 Å². The Morgan fingerprint density at radius 1 is 1.23 bits per heavy atom. The summed E-state index contributed by atoms with van der Waals surface area (Å²) < 4.78 is 12.6. The van der Waals surface area contributed by atoms with E-state index in [0.717, 1.165) is 13.1 Å². The fourth-order valence-electron chi connectivity index (χ4n) is 1.99. The molecule has 0 bridgehead atoms. The molecule has 1 aromatic rings. The molecule has 0 saturated carbocycles. The first-order chi connectivity index (χ1) is 6.42. The zero-order valence-corrected chi connectivity index (χ0v) is 7.54. The van der Waals surface area contributed by atoms with E-state index in [1.165, 1.54) is 5.56 Å². The van der Waals surface area contributed by atoms with Crippen LogP contribution in [0.5, 0.6) is 0 Å². The molecule has 1 N–H and O–H groups in total. The molecule has 13 heavy (non-hydrogen) atoms. The van der Waals surface area contributed by atoms with Crippen molar-refractivity contribution >= 4 is 0 Å². The fourth-order valence-corrected chi connectivity index (χ4v) is 1.99. The van der Waals surface area contributed by atoms with Gasteiger partial charge in [0, 0.05) is 24.9 Å². The number of hydrogen-bond donors (Lipinski definition) is 1. The molecule has 1 aliphatic rings. The molecule has 0 unspecified atom stereocenters. The molecule has 1 heterocycles. The van der Waals surface area contributed by atoms with Crippen molar-refractivity contribution in [2.75, 3.05) is 19.8 Å². The monoisotopic (exact) mass is 179 g/mol. The number of halogens is 1. The molecule has 0 amide bonds. The lowest BCUT2D eigenvalue weighted by Gasteiger charge is -2.15. The third-order valence-corrected chi connectivity index (χ3v) is 2.77. The van der Waals surface area contributed by atoms with Crippen LogP contribution in [0.3, 0.4) is 0 Å². The van der Waals surface area contributed by atoms with Gasteiger partial charge in [0.15, 0.2) is 0 Å². The van der Waals surface area contributed by atoms with Gasteiger partial charge in [0.2, 0.25) is 0 Å². The van der Waals surface area contributed by atoms with E-state index in [9.17, 15) is 4.39 Å². The summed E-state index contributed by atoms with van der Waals surface area (Å²) in [6.07, 6.45) is 0. The summed E-state index contributed by atoms with van der Waals surface area (Å²) in [5.41, 5.74) is 1.26. The Labute approximate surface area is 78.0 Å². The lowest BCUT2D eigenvalue weighted by atomic mass is 9.90. The first-order valence-corrected chi connectivity index (χ1v) is 4.73. The Kier molecular flexibility index (Phi) is 2.60. The summed E-state index contributed by atoms with van der Waals surface area (Å²) in [7, 11) is 0. The molecule has 0 aliphatic carbocycles. The van der Waals surface area contributed by atoms with E-state index in [1.54, 1.807) is 0 Å². The molecule has 70 valence electrons. The topological polar surface area (TPSA) is 12.0 Å². The first kappa shape index (κ1) is 8.70. The standard InChI is InChI=1S/C11H14FN/c12-6-10-7-13-8-11(10)9-4-2-1-3-5-9/h1-5,10-11,13H,6-8H2/t10-,11+/m1/s1. The third-order valence-electron chi connectivity index (χ3n) is 2.77. The second-order valence-electron chi connectivity index (χ2n) is 3.59. The number of benzene rings is 1. The zero-order chi connectivity index (χ0) is 9.10. The van der Waals surface area contributed by atoms with Crippen molar-refractivity contribution in [2.45, 2.75) is 5.92 Å². The maximum atomic E-state index is 12.6. The third kappa shape index (κ3) is 1.73. The minimum atomic E-state index is -0.216. The van der Waals surface area contributed by atoms with Crippen LogP contribution in [-0.4, -0.2) is 19.8 Å². The highest BCUT2D eigenvalue weighted by molar-refractivity contribution is 5.22. The van der Waals surface area contributed by atoms with E-state index in [1.807, 2.05) is 18.2 Å². The minimum Gasteiger partial charge on any atom is -0.316 e. The van der Waals surface area contributed by atoms with Crippen LogP contribution in [0.15, 0.2) is 30.3 Å². The molecule has 2 heteroatoms. The van der Waals surface area contributed by atoms with Crippen molar-refractivity contribution in [3.63, 3.8) is 0 Å². The van der Waals surface area contributed by atoms with Crippen LogP contribution in [0, 0.1) is 5.92 Å². The maximum Gasteiger partial charge on any atom is 0.0941 e.